The zero-order chi connectivity index (χ0) is 21.6. The molecule has 4 rings (SSSR count). The maximum Gasteiger partial charge on any atom is 0.262 e. The van der Waals surface area contributed by atoms with E-state index in [0.29, 0.717) is 17.2 Å². The Bertz CT molecular complexity index is 1000. The molecule has 0 saturated carbocycles. The van der Waals surface area contributed by atoms with Crippen molar-refractivity contribution in [1.29, 1.82) is 0 Å². The molecule has 0 spiro atoms. The lowest BCUT2D eigenvalue weighted by Gasteiger charge is -2.20. The molecule has 2 unspecified atom stereocenters. The minimum Gasteiger partial charge on any atom is -0.371 e. The van der Waals surface area contributed by atoms with Crippen molar-refractivity contribution < 1.29 is 9.59 Å². The first-order valence-electron chi connectivity index (χ1n) is 10.6. The lowest BCUT2D eigenvalue weighted by molar-refractivity contribution is -0.118. The SMILES string of the molecule is CC1CCN(c2ccc(NC(=O)C(Cc3ccccc3)NC(=O)c3cccs3)cc2)C1. The minimum atomic E-state index is -0.670. The molecule has 5 nitrogen and oxygen atoms in total. The van der Waals surface area contributed by atoms with Crippen molar-refractivity contribution >= 4 is 34.5 Å². The Balaban J connectivity index is 1.45. The number of carbonyl (C=O) groups excluding carboxylic acids is 2. The van der Waals surface area contributed by atoms with Crippen LogP contribution in [0.25, 0.3) is 0 Å². The van der Waals surface area contributed by atoms with E-state index in [-0.39, 0.29) is 11.8 Å². The first-order chi connectivity index (χ1) is 15.1. The van der Waals surface area contributed by atoms with Gasteiger partial charge in [-0.25, -0.2) is 0 Å². The maximum atomic E-state index is 13.1. The molecule has 2 amide bonds. The number of carbonyl (C=O) groups is 2. The summed E-state index contributed by atoms with van der Waals surface area (Å²) < 4.78 is 0. The van der Waals surface area contributed by atoms with Gasteiger partial charge in [0.15, 0.2) is 0 Å². The van der Waals surface area contributed by atoms with Gasteiger partial charge in [-0.3, -0.25) is 9.59 Å². The summed E-state index contributed by atoms with van der Waals surface area (Å²) in [4.78, 5) is 28.6. The summed E-state index contributed by atoms with van der Waals surface area (Å²) in [6.07, 6.45) is 1.64. The standard InChI is InChI=1S/C25H27N3O2S/c1-18-13-14-28(17-18)21-11-9-20(10-12-21)26-24(29)22(16-19-6-3-2-4-7-19)27-25(30)23-8-5-15-31-23/h2-12,15,18,22H,13-14,16-17H2,1H3,(H,26,29)(H,27,30). The van der Waals surface area contributed by atoms with E-state index in [0.717, 1.165) is 24.3 Å². The van der Waals surface area contributed by atoms with Crippen LogP contribution in [-0.2, 0) is 11.2 Å². The molecule has 0 radical (unpaired) electrons. The third-order valence-electron chi connectivity index (χ3n) is 5.57. The molecule has 31 heavy (non-hydrogen) atoms. The Morgan fingerprint density at radius 1 is 1.06 bits per heavy atom. The topological polar surface area (TPSA) is 61.4 Å². The monoisotopic (exact) mass is 433 g/mol. The Labute approximate surface area is 187 Å². The largest absolute Gasteiger partial charge is 0.371 e. The van der Waals surface area contributed by atoms with Crippen LogP contribution in [-0.4, -0.2) is 30.9 Å². The number of amides is 2. The second-order valence-electron chi connectivity index (χ2n) is 8.07. The maximum absolute atomic E-state index is 13.1. The fraction of sp³-hybridized carbons (Fsp3) is 0.280. The van der Waals surface area contributed by atoms with Crippen molar-refractivity contribution in [2.45, 2.75) is 25.8 Å². The van der Waals surface area contributed by atoms with Crippen LogP contribution in [0.4, 0.5) is 11.4 Å². The summed E-state index contributed by atoms with van der Waals surface area (Å²) in [6, 6.07) is 20.6. The first-order valence-corrected chi connectivity index (χ1v) is 11.5. The summed E-state index contributed by atoms with van der Waals surface area (Å²) in [7, 11) is 0. The molecule has 3 aromatic rings. The molecule has 2 aromatic carbocycles. The Hall–Kier alpha value is -3.12. The normalized spacial score (nSPS) is 16.7. The van der Waals surface area contributed by atoms with E-state index in [1.807, 2.05) is 66.0 Å². The summed E-state index contributed by atoms with van der Waals surface area (Å²) >= 11 is 1.36. The van der Waals surface area contributed by atoms with E-state index in [4.69, 9.17) is 0 Å². The van der Waals surface area contributed by atoms with Crippen molar-refractivity contribution in [3.05, 3.63) is 82.6 Å². The molecule has 1 aliphatic rings. The average Bonchev–Trinajstić information content (AvgIpc) is 3.47. The van der Waals surface area contributed by atoms with Crippen LogP contribution in [0, 0.1) is 5.92 Å². The van der Waals surface area contributed by atoms with Gasteiger partial charge in [-0.05, 0) is 53.6 Å². The highest BCUT2D eigenvalue weighted by Gasteiger charge is 2.23. The average molecular weight is 434 g/mol. The van der Waals surface area contributed by atoms with Crippen molar-refractivity contribution in [3.8, 4) is 0 Å². The molecule has 0 bridgehead atoms. The molecule has 6 heteroatoms. The number of anilines is 2. The van der Waals surface area contributed by atoms with Crippen molar-refractivity contribution in [1.82, 2.24) is 5.32 Å². The van der Waals surface area contributed by atoms with Gasteiger partial charge in [0, 0.05) is 30.9 Å². The number of hydrogen-bond donors (Lipinski definition) is 2. The van der Waals surface area contributed by atoms with E-state index in [1.54, 1.807) is 6.07 Å². The van der Waals surface area contributed by atoms with E-state index in [1.165, 1.54) is 23.4 Å². The lowest BCUT2D eigenvalue weighted by atomic mass is 10.0. The molecule has 160 valence electrons. The summed E-state index contributed by atoms with van der Waals surface area (Å²) in [5, 5.41) is 7.72. The van der Waals surface area contributed by atoms with E-state index in [2.05, 4.69) is 22.5 Å². The number of hydrogen-bond acceptors (Lipinski definition) is 4. The lowest BCUT2D eigenvalue weighted by Crippen LogP contribution is -2.45. The Morgan fingerprint density at radius 3 is 2.48 bits per heavy atom. The number of thiophene rings is 1. The fourth-order valence-electron chi connectivity index (χ4n) is 3.85. The smallest absolute Gasteiger partial charge is 0.262 e. The predicted molar refractivity (Wildman–Crippen MR) is 127 cm³/mol. The minimum absolute atomic E-state index is 0.226. The highest BCUT2D eigenvalue weighted by Crippen LogP contribution is 2.25. The van der Waals surface area contributed by atoms with Gasteiger partial charge < -0.3 is 15.5 Å². The van der Waals surface area contributed by atoms with Crippen molar-refractivity contribution in [2.75, 3.05) is 23.3 Å². The quantitative estimate of drug-likeness (QED) is 0.574. The molecular formula is C25H27N3O2S. The molecular weight excluding hydrogens is 406 g/mol. The van der Waals surface area contributed by atoms with Gasteiger partial charge in [-0.2, -0.15) is 0 Å². The molecule has 1 fully saturated rings. The van der Waals surface area contributed by atoms with Crippen LogP contribution < -0.4 is 15.5 Å². The van der Waals surface area contributed by atoms with E-state index in [9.17, 15) is 9.59 Å². The summed E-state index contributed by atoms with van der Waals surface area (Å²) in [5.74, 6) is 0.256. The molecule has 2 N–H and O–H groups in total. The third-order valence-corrected chi connectivity index (χ3v) is 6.44. The van der Waals surface area contributed by atoms with Gasteiger partial charge in [0.2, 0.25) is 5.91 Å². The van der Waals surface area contributed by atoms with E-state index < -0.39 is 6.04 Å². The molecule has 2 heterocycles. The Morgan fingerprint density at radius 2 is 1.84 bits per heavy atom. The van der Waals surface area contributed by atoms with Gasteiger partial charge in [-0.15, -0.1) is 11.3 Å². The fourth-order valence-corrected chi connectivity index (χ4v) is 4.48. The van der Waals surface area contributed by atoms with Crippen molar-refractivity contribution in [2.24, 2.45) is 5.92 Å². The second-order valence-corrected chi connectivity index (χ2v) is 9.02. The molecule has 1 aliphatic heterocycles. The highest BCUT2D eigenvalue weighted by atomic mass is 32.1. The van der Waals surface area contributed by atoms with Crippen LogP contribution >= 0.6 is 11.3 Å². The molecule has 1 saturated heterocycles. The summed E-state index contributed by atoms with van der Waals surface area (Å²) in [6.45, 7) is 4.41. The third kappa shape index (κ3) is 5.52. The van der Waals surface area contributed by atoms with Crippen LogP contribution in [0.1, 0.15) is 28.6 Å². The number of nitrogens with one attached hydrogen (secondary N) is 2. The van der Waals surface area contributed by atoms with Crippen LogP contribution in [0.2, 0.25) is 0 Å². The van der Waals surface area contributed by atoms with Crippen LogP contribution in [0.5, 0.6) is 0 Å². The number of nitrogens with zero attached hydrogens (tertiary/aromatic N) is 1. The first kappa shape index (κ1) is 21.1. The van der Waals surface area contributed by atoms with Gasteiger partial charge in [0.05, 0.1) is 4.88 Å². The zero-order valence-corrected chi connectivity index (χ0v) is 18.4. The van der Waals surface area contributed by atoms with Crippen LogP contribution in [0.3, 0.4) is 0 Å². The molecule has 0 aliphatic carbocycles. The number of rotatable bonds is 7. The summed E-state index contributed by atoms with van der Waals surface area (Å²) in [5.41, 5.74) is 2.89. The molecule has 2 atom stereocenters. The second kappa shape index (κ2) is 9.79. The van der Waals surface area contributed by atoms with Gasteiger partial charge in [0.1, 0.15) is 6.04 Å². The zero-order valence-electron chi connectivity index (χ0n) is 17.6. The highest BCUT2D eigenvalue weighted by molar-refractivity contribution is 7.12. The number of benzene rings is 2. The van der Waals surface area contributed by atoms with Gasteiger partial charge in [0.25, 0.3) is 5.91 Å². The van der Waals surface area contributed by atoms with E-state index >= 15 is 0 Å². The predicted octanol–water partition coefficient (Wildman–Crippen LogP) is 4.57. The van der Waals surface area contributed by atoms with Gasteiger partial charge >= 0.3 is 0 Å². The Kier molecular flexibility index (Phi) is 6.67. The van der Waals surface area contributed by atoms with Crippen molar-refractivity contribution in [3.63, 3.8) is 0 Å². The van der Waals surface area contributed by atoms with Crippen LogP contribution in [0.15, 0.2) is 72.1 Å². The van der Waals surface area contributed by atoms with Gasteiger partial charge in [-0.1, -0.05) is 43.3 Å². The molecule has 1 aromatic heterocycles.